The van der Waals surface area contributed by atoms with Crippen LogP contribution in [0.1, 0.15) is 23.3 Å². The molecular formula is C10H14N4O5S. The number of hydrogen-bond donors (Lipinski definition) is 2. The van der Waals surface area contributed by atoms with Crippen molar-refractivity contribution in [2.45, 2.75) is 24.6 Å². The van der Waals surface area contributed by atoms with Crippen LogP contribution < -0.4 is 5.32 Å². The van der Waals surface area contributed by atoms with Gasteiger partial charge in [0, 0.05) is 6.54 Å². The van der Waals surface area contributed by atoms with Crippen LogP contribution in [-0.4, -0.2) is 57.9 Å². The van der Waals surface area contributed by atoms with Crippen molar-refractivity contribution in [1.82, 2.24) is 20.3 Å². The predicted molar refractivity (Wildman–Crippen MR) is 66.8 cm³/mol. The van der Waals surface area contributed by atoms with Crippen molar-refractivity contribution < 1.29 is 23.1 Å². The Morgan fingerprint density at radius 2 is 2.25 bits per heavy atom. The van der Waals surface area contributed by atoms with Crippen molar-refractivity contribution in [2.75, 3.05) is 12.3 Å². The van der Waals surface area contributed by atoms with Crippen molar-refractivity contribution in [3.8, 4) is 0 Å². The summed E-state index contributed by atoms with van der Waals surface area (Å²) in [5, 5.41) is 17.5. The van der Waals surface area contributed by atoms with Gasteiger partial charge in [-0.15, -0.1) is 5.10 Å². The Kier molecular flexibility index (Phi) is 4.02. The first-order valence-corrected chi connectivity index (χ1v) is 7.72. The SMILES string of the molecule is O=C(Cn1cc(C(=O)O)nn1)NCC1CCCS1(=O)=O. The maximum absolute atomic E-state index is 11.6. The standard InChI is InChI=1S/C10H14N4O5S/c15-9(6-14-5-8(10(16)17)12-13-14)11-4-7-2-1-3-20(7,18)19/h5,7H,1-4,6H2,(H,11,15)(H,16,17). The number of amides is 1. The Hall–Kier alpha value is -1.97. The molecule has 1 aromatic heterocycles. The van der Waals surface area contributed by atoms with E-state index in [2.05, 4.69) is 15.6 Å². The minimum atomic E-state index is -3.09. The Balaban J connectivity index is 1.85. The minimum Gasteiger partial charge on any atom is -0.476 e. The summed E-state index contributed by atoms with van der Waals surface area (Å²) in [5.41, 5.74) is -0.254. The molecule has 1 aliphatic rings. The van der Waals surface area contributed by atoms with Gasteiger partial charge in [-0.1, -0.05) is 5.21 Å². The van der Waals surface area contributed by atoms with E-state index in [0.29, 0.717) is 12.8 Å². The molecule has 0 saturated carbocycles. The first-order valence-electron chi connectivity index (χ1n) is 6.00. The number of carboxylic acid groups (broad SMARTS) is 1. The van der Waals surface area contributed by atoms with E-state index in [1.54, 1.807) is 0 Å². The predicted octanol–water partition coefficient (Wildman–Crippen LogP) is -1.33. The zero-order chi connectivity index (χ0) is 14.8. The van der Waals surface area contributed by atoms with E-state index < -0.39 is 27.0 Å². The van der Waals surface area contributed by atoms with Crippen LogP contribution in [0.3, 0.4) is 0 Å². The first-order chi connectivity index (χ1) is 9.38. The molecule has 2 rings (SSSR count). The number of rotatable bonds is 5. The first kappa shape index (κ1) is 14.4. The number of sulfone groups is 1. The Morgan fingerprint density at radius 1 is 1.50 bits per heavy atom. The maximum atomic E-state index is 11.6. The highest BCUT2D eigenvalue weighted by molar-refractivity contribution is 7.92. The lowest BCUT2D eigenvalue weighted by Gasteiger charge is -2.10. The number of nitrogens with one attached hydrogen (secondary N) is 1. The number of aromatic nitrogens is 3. The van der Waals surface area contributed by atoms with Gasteiger partial charge in [0.2, 0.25) is 5.91 Å². The Bertz CT molecular complexity index is 623. The van der Waals surface area contributed by atoms with Crippen LogP contribution in [0.15, 0.2) is 6.20 Å². The van der Waals surface area contributed by atoms with Gasteiger partial charge in [-0.05, 0) is 12.8 Å². The zero-order valence-electron chi connectivity index (χ0n) is 10.5. The quantitative estimate of drug-likeness (QED) is 0.688. The summed E-state index contributed by atoms with van der Waals surface area (Å²) in [7, 11) is -3.09. The third-order valence-electron chi connectivity index (χ3n) is 3.05. The monoisotopic (exact) mass is 302 g/mol. The number of carboxylic acids is 1. The third kappa shape index (κ3) is 3.32. The number of carbonyl (C=O) groups is 2. The second kappa shape index (κ2) is 5.57. The lowest BCUT2D eigenvalue weighted by Crippen LogP contribution is -2.36. The molecule has 2 N–H and O–H groups in total. The summed E-state index contributed by atoms with van der Waals surface area (Å²) >= 11 is 0. The average molecular weight is 302 g/mol. The van der Waals surface area contributed by atoms with E-state index in [-0.39, 0.29) is 24.5 Å². The van der Waals surface area contributed by atoms with E-state index in [1.807, 2.05) is 0 Å². The molecule has 1 unspecified atom stereocenters. The average Bonchev–Trinajstić information content (AvgIpc) is 2.93. The van der Waals surface area contributed by atoms with Crippen LogP contribution in [0, 0.1) is 0 Å². The van der Waals surface area contributed by atoms with Gasteiger partial charge in [0.1, 0.15) is 6.54 Å². The van der Waals surface area contributed by atoms with Crippen molar-refractivity contribution in [3.05, 3.63) is 11.9 Å². The smallest absolute Gasteiger partial charge is 0.358 e. The number of carbonyl (C=O) groups excluding carboxylic acids is 1. The highest BCUT2D eigenvalue weighted by Crippen LogP contribution is 2.18. The second-order valence-electron chi connectivity index (χ2n) is 4.54. The zero-order valence-corrected chi connectivity index (χ0v) is 11.3. The summed E-state index contributed by atoms with van der Waals surface area (Å²) in [6, 6.07) is 0. The van der Waals surface area contributed by atoms with Gasteiger partial charge >= 0.3 is 5.97 Å². The molecule has 110 valence electrons. The lowest BCUT2D eigenvalue weighted by atomic mass is 10.2. The molecule has 9 nitrogen and oxygen atoms in total. The van der Waals surface area contributed by atoms with Gasteiger partial charge in [-0.3, -0.25) is 4.79 Å². The molecule has 1 aliphatic heterocycles. The molecule has 0 aliphatic carbocycles. The number of aromatic carboxylic acids is 1. The van der Waals surface area contributed by atoms with Crippen LogP contribution in [0.5, 0.6) is 0 Å². The fraction of sp³-hybridized carbons (Fsp3) is 0.600. The molecule has 1 atom stereocenters. The fourth-order valence-corrected chi connectivity index (χ4v) is 3.76. The molecule has 1 amide bonds. The molecule has 1 aromatic rings. The van der Waals surface area contributed by atoms with Gasteiger partial charge in [0.05, 0.1) is 17.2 Å². The molecule has 0 spiro atoms. The van der Waals surface area contributed by atoms with E-state index in [0.717, 1.165) is 10.9 Å². The van der Waals surface area contributed by atoms with Gasteiger partial charge in [-0.25, -0.2) is 17.9 Å². The molecule has 0 radical (unpaired) electrons. The molecule has 1 saturated heterocycles. The van der Waals surface area contributed by atoms with Gasteiger partial charge in [-0.2, -0.15) is 0 Å². The van der Waals surface area contributed by atoms with Gasteiger partial charge in [0.15, 0.2) is 15.5 Å². The Morgan fingerprint density at radius 3 is 2.80 bits per heavy atom. The molecule has 0 bridgehead atoms. The third-order valence-corrected chi connectivity index (χ3v) is 5.33. The largest absolute Gasteiger partial charge is 0.476 e. The summed E-state index contributed by atoms with van der Waals surface area (Å²) in [5.74, 6) is -1.50. The van der Waals surface area contributed by atoms with Crippen LogP contribution >= 0.6 is 0 Å². The highest BCUT2D eigenvalue weighted by Gasteiger charge is 2.31. The summed E-state index contributed by atoms with van der Waals surface area (Å²) in [4.78, 5) is 22.2. The summed E-state index contributed by atoms with van der Waals surface area (Å²) < 4.78 is 24.2. The molecule has 0 aromatic carbocycles. The topological polar surface area (TPSA) is 131 Å². The summed E-state index contributed by atoms with van der Waals surface area (Å²) in [6.07, 6.45) is 2.30. The molecule has 2 heterocycles. The molecular weight excluding hydrogens is 288 g/mol. The van der Waals surface area contributed by atoms with E-state index in [1.165, 1.54) is 0 Å². The van der Waals surface area contributed by atoms with Gasteiger partial charge in [0.25, 0.3) is 0 Å². The second-order valence-corrected chi connectivity index (χ2v) is 6.94. The molecule has 1 fully saturated rings. The minimum absolute atomic E-state index is 0.0711. The van der Waals surface area contributed by atoms with Crippen LogP contribution in [0.2, 0.25) is 0 Å². The van der Waals surface area contributed by atoms with Crippen molar-refractivity contribution in [1.29, 1.82) is 0 Å². The lowest BCUT2D eigenvalue weighted by molar-refractivity contribution is -0.121. The van der Waals surface area contributed by atoms with E-state index >= 15 is 0 Å². The van der Waals surface area contributed by atoms with Crippen molar-refractivity contribution in [2.24, 2.45) is 0 Å². The van der Waals surface area contributed by atoms with Crippen LogP contribution in [0.25, 0.3) is 0 Å². The maximum Gasteiger partial charge on any atom is 0.358 e. The van der Waals surface area contributed by atoms with E-state index in [9.17, 15) is 18.0 Å². The van der Waals surface area contributed by atoms with Crippen molar-refractivity contribution in [3.63, 3.8) is 0 Å². The molecule has 10 heteroatoms. The van der Waals surface area contributed by atoms with Gasteiger partial charge < -0.3 is 10.4 Å². The van der Waals surface area contributed by atoms with Crippen molar-refractivity contribution >= 4 is 21.7 Å². The summed E-state index contributed by atoms with van der Waals surface area (Å²) in [6.45, 7) is -0.130. The molecule has 20 heavy (non-hydrogen) atoms. The fourth-order valence-electron chi connectivity index (χ4n) is 1.99. The Labute approximate surface area is 114 Å². The van der Waals surface area contributed by atoms with Crippen LogP contribution in [-0.2, 0) is 21.2 Å². The normalized spacial score (nSPS) is 20.7. The van der Waals surface area contributed by atoms with E-state index in [4.69, 9.17) is 5.11 Å². The van der Waals surface area contributed by atoms with Crippen LogP contribution in [0.4, 0.5) is 0 Å². The highest BCUT2D eigenvalue weighted by atomic mass is 32.2. The number of nitrogens with zero attached hydrogens (tertiary/aromatic N) is 3. The number of hydrogen-bond acceptors (Lipinski definition) is 6.